The lowest BCUT2D eigenvalue weighted by atomic mass is 9.70. The van der Waals surface area contributed by atoms with Crippen LogP contribution in [0.25, 0.3) is 0 Å². The molecule has 0 radical (unpaired) electrons. The van der Waals surface area contributed by atoms with Gasteiger partial charge >= 0.3 is 0 Å². The van der Waals surface area contributed by atoms with Crippen LogP contribution in [0.5, 0.6) is 5.75 Å². The van der Waals surface area contributed by atoms with E-state index in [0.29, 0.717) is 42.1 Å². The SMILES string of the molecule is CC1(C)CC(=O)C2=C(C1)OC(N)=C(C#N)[C@@H]2c1cc(Br)ccc1OCc1ccccc1. The Hall–Kier alpha value is -3.04. The second-order valence-electron chi connectivity index (χ2n) is 8.66. The summed E-state index contributed by atoms with van der Waals surface area (Å²) in [5, 5.41) is 9.89. The molecule has 4 rings (SSSR count). The van der Waals surface area contributed by atoms with Gasteiger partial charge in [-0.25, -0.2) is 0 Å². The highest BCUT2D eigenvalue weighted by Crippen LogP contribution is 2.49. The van der Waals surface area contributed by atoms with E-state index in [2.05, 4.69) is 22.0 Å². The minimum Gasteiger partial charge on any atom is -0.489 e. The Morgan fingerprint density at radius 1 is 1.23 bits per heavy atom. The van der Waals surface area contributed by atoms with Gasteiger partial charge in [-0.1, -0.05) is 60.1 Å². The highest BCUT2D eigenvalue weighted by atomic mass is 79.9. The monoisotopic (exact) mass is 478 g/mol. The Bertz CT molecular complexity index is 1140. The summed E-state index contributed by atoms with van der Waals surface area (Å²) in [6.07, 6.45) is 0.969. The van der Waals surface area contributed by atoms with Crippen LogP contribution in [0.2, 0.25) is 0 Å². The molecule has 1 heterocycles. The molecular formula is C25H23BrN2O3. The van der Waals surface area contributed by atoms with Gasteiger partial charge in [-0.3, -0.25) is 4.79 Å². The van der Waals surface area contributed by atoms with Crippen LogP contribution >= 0.6 is 15.9 Å². The molecule has 0 bridgehead atoms. The molecule has 2 aliphatic rings. The molecule has 0 saturated heterocycles. The molecule has 0 spiro atoms. The lowest BCUT2D eigenvalue weighted by Gasteiger charge is -2.37. The summed E-state index contributed by atoms with van der Waals surface area (Å²) in [7, 11) is 0. The van der Waals surface area contributed by atoms with Gasteiger partial charge in [0, 0.05) is 28.5 Å². The van der Waals surface area contributed by atoms with E-state index in [9.17, 15) is 10.1 Å². The second-order valence-corrected chi connectivity index (χ2v) is 9.57. The van der Waals surface area contributed by atoms with E-state index in [1.807, 2.05) is 62.4 Å². The molecule has 5 nitrogen and oxygen atoms in total. The van der Waals surface area contributed by atoms with Crippen LogP contribution in [0.4, 0.5) is 0 Å². The van der Waals surface area contributed by atoms with E-state index in [0.717, 1.165) is 10.0 Å². The molecule has 158 valence electrons. The molecule has 6 heteroatoms. The van der Waals surface area contributed by atoms with Crippen molar-refractivity contribution < 1.29 is 14.3 Å². The van der Waals surface area contributed by atoms with Crippen molar-refractivity contribution in [1.82, 2.24) is 0 Å². The number of nitrogens with two attached hydrogens (primary N) is 1. The molecule has 0 unspecified atom stereocenters. The van der Waals surface area contributed by atoms with Gasteiger partial charge in [-0.2, -0.15) is 5.26 Å². The number of Topliss-reactive ketones (excluding diaryl/α,β-unsaturated/α-hetero) is 1. The van der Waals surface area contributed by atoms with Crippen LogP contribution in [0, 0.1) is 16.7 Å². The van der Waals surface area contributed by atoms with E-state index in [1.165, 1.54) is 0 Å². The number of hydrogen-bond donors (Lipinski definition) is 1. The van der Waals surface area contributed by atoms with Gasteiger partial charge in [0.25, 0.3) is 0 Å². The Labute approximate surface area is 190 Å². The Balaban J connectivity index is 1.81. The minimum absolute atomic E-state index is 0.0227. The summed E-state index contributed by atoms with van der Waals surface area (Å²) in [6.45, 7) is 4.42. The van der Waals surface area contributed by atoms with Gasteiger partial charge in [0.05, 0.1) is 5.92 Å². The average molecular weight is 479 g/mol. The summed E-state index contributed by atoms with van der Waals surface area (Å²) in [6, 6.07) is 17.6. The van der Waals surface area contributed by atoms with Crippen LogP contribution in [-0.4, -0.2) is 5.78 Å². The Kier molecular flexibility index (Phi) is 5.63. The van der Waals surface area contributed by atoms with Crippen LogP contribution in [-0.2, 0) is 16.1 Å². The standard InChI is InChI=1S/C25H23BrN2O3/c1-25(2)11-19(29)23-21(12-25)31-24(28)18(13-27)22(23)17-10-16(26)8-9-20(17)30-14-15-6-4-3-5-7-15/h3-10,22H,11-12,14,28H2,1-2H3/t22-/m0/s1. The first-order chi connectivity index (χ1) is 14.8. The summed E-state index contributed by atoms with van der Waals surface area (Å²) in [4.78, 5) is 13.2. The molecule has 2 N–H and O–H groups in total. The van der Waals surface area contributed by atoms with Crippen molar-refractivity contribution in [3.63, 3.8) is 0 Å². The highest BCUT2D eigenvalue weighted by molar-refractivity contribution is 9.10. The number of carbonyl (C=O) groups is 1. The fraction of sp³-hybridized carbons (Fsp3) is 0.280. The fourth-order valence-corrected chi connectivity index (χ4v) is 4.59. The van der Waals surface area contributed by atoms with Crippen LogP contribution in [0.3, 0.4) is 0 Å². The van der Waals surface area contributed by atoms with Gasteiger partial charge in [0.15, 0.2) is 5.78 Å². The molecule has 2 aromatic rings. The van der Waals surface area contributed by atoms with Crippen molar-refractivity contribution >= 4 is 21.7 Å². The average Bonchev–Trinajstić information content (AvgIpc) is 2.71. The quantitative estimate of drug-likeness (QED) is 0.628. The number of nitriles is 1. The smallest absolute Gasteiger partial charge is 0.205 e. The molecule has 0 saturated carbocycles. The number of ketones is 1. The maximum atomic E-state index is 13.2. The molecule has 1 aliphatic carbocycles. The summed E-state index contributed by atoms with van der Waals surface area (Å²) < 4.78 is 12.8. The first-order valence-electron chi connectivity index (χ1n) is 10.1. The van der Waals surface area contributed by atoms with Crippen molar-refractivity contribution in [2.75, 3.05) is 0 Å². The Morgan fingerprint density at radius 2 is 1.97 bits per heavy atom. The molecule has 2 aromatic carbocycles. The second kappa shape index (κ2) is 8.24. The lowest BCUT2D eigenvalue weighted by molar-refractivity contribution is -0.119. The zero-order chi connectivity index (χ0) is 22.2. The van der Waals surface area contributed by atoms with Crippen LogP contribution in [0.1, 0.15) is 43.7 Å². The lowest BCUT2D eigenvalue weighted by Crippen LogP contribution is -2.33. The molecule has 31 heavy (non-hydrogen) atoms. The van der Waals surface area contributed by atoms with Crippen LogP contribution in [0.15, 0.2) is 75.8 Å². The first-order valence-corrected chi connectivity index (χ1v) is 10.9. The third-order valence-electron chi connectivity index (χ3n) is 5.60. The predicted molar refractivity (Wildman–Crippen MR) is 121 cm³/mol. The number of hydrogen-bond acceptors (Lipinski definition) is 5. The van der Waals surface area contributed by atoms with E-state index in [1.54, 1.807) is 0 Å². The van der Waals surface area contributed by atoms with Crippen molar-refractivity contribution in [2.24, 2.45) is 11.1 Å². The maximum Gasteiger partial charge on any atom is 0.205 e. The van der Waals surface area contributed by atoms with Gasteiger partial charge in [0.2, 0.25) is 5.88 Å². The number of halogens is 1. The summed E-state index contributed by atoms with van der Waals surface area (Å²) in [5.74, 6) is 0.553. The number of ether oxygens (including phenoxy) is 2. The van der Waals surface area contributed by atoms with Crippen molar-refractivity contribution in [1.29, 1.82) is 5.26 Å². The zero-order valence-corrected chi connectivity index (χ0v) is 19.0. The molecule has 1 atom stereocenters. The van der Waals surface area contributed by atoms with Crippen LogP contribution < -0.4 is 10.5 Å². The number of benzene rings is 2. The fourth-order valence-electron chi connectivity index (χ4n) is 4.21. The maximum absolute atomic E-state index is 13.2. The first kappa shape index (κ1) is 21.2. The number of rotatable bonds is 4. The predicted octanol–water partition coefficient (Wildman–Crippen LogP) is 5.48. The number of nitrogens with zero attached hydrogens (tertiary/aromatic N) is 1. The van der Waals surface area contributed by atoms with Crippen molar-refractivity contribution in [2.45, 2.75) is 39.2 Å². The van der Waals surface area contributed by atoms with E-state index in [4.69, 9.17) is 15.2 Å². The van der Waals surface area contributed by atoms with E-state index >= 15 is 0 Å². The molecule has 0 fully saturated rings. The highest BCUT2D eigenvalue weighted by Gasteiger charge is 2.43. The van der Waals surface area contributed by atoms with Gasteiger partial charge in [-0.05, 0) is 29.2 Å². The van der Waals surface area contributed by atoms with E-state index in [-0.39, 0.29) is 22.7 Å². The summed E-state index contributed by atoms with van der Waals surface area (Å²) >= 11 is 3.52. The number of allylic oxidation sites excluding steroid dienone is 3. The Morgan fingerprint density at radius 3 is 2.68 bits per heavy atom. The van der Waals surface area contributed by atoms with Gasteiger partial charge in [-0.15, -0.1) is 0 Å². The number of carbonyl (C=O) groups excluding carboxylic acids is 1. The zero-order valence-electron chi connectivity index (χ0n) is 17.4. The molecule has 0 aromatic heterocycles. The minimum atomic E-state index is -0.624. The third kappa shape index (κ3) is 4.24. The largest absolute Gasteiger partial charge is 0.489 e. The van der Waals surface area contributed by atoms with Crippen molar-refractivity contribution in [3.05, 3.63) is 86.9 Å². The normalized spacial score (nSPS) is 20.1. The van der Waals surface area contributed by atoms with Crippen molar-refractivity contribution in [3.8, 4) is 11.8 Å². The van der Waals surface area contributed by atoms with Gasteiger partial charge < -0.3 is 15.2 Å². The topological polar surface area (TPSA) is 85.3 Å². The van der Waals surface area contributed by atoms with Gasteiger partial charge in [0.1, 0.15) is 29.8 Å². The third-order valence-corrected chi connectivity index (χ3v) is 6.09. The molecular weight excluding hydrogens is 456 g/mol. The molecule has 0 amide bonds. The molecule has 1 aliphatic heterocycles. The summed E-state index contributed by atoms with van der Waals surface area (Å²) in [5.41, 5.74) is 8.40. The van der Waals surface area contributed by atoms with E-state index < -0.39 is 5.92 Å².